The highest BCUT2D eigenvalue weighted by atomic mass is 32.2. The second kappa shape index (κ2) is 11.1. The molecule has 0 amide bonds. The van der Waals surface area contributed by atoms with Crippen LogP contribution < -0.4 is 10.2 Å². The Hall–Kier alpha value is -1.12. The molecule has 1 aliphatic heterocycles. The first-order chi connectivity index (χ1) is 15.5. The average Bonchev–Trinajstić information content (AvgIpc) is 2.78. The van der Waals surface area contributed by atoms with Gasteiger partial charge in [-0.2, -0.15) is 0 Å². The summed E-state index contributed by atoms with van der Waals surface area (Å²) >= 11 is -1.17. The third-order valence-corrected chi connectivity index (χ3v) is 8.48. The minimum absolute atomic E-state index is 0.119. The molecule has 1 saturated heterocycles. The molecule has 6 nitrogen and oxygen atoms in total. The van der Waals surface area contributed by atoms with Gasteiger partial charge in [-0.05, 0) is 68.3 Å². The van der Waals surface area contributed by atoms with Gasteiger partial charge < -0.3 is 24.0 Å². The zero-order chi connectivity index (χ0) is 24.2. The van der Waals surface area contributed by atoms with E-state index in [2.05, 4.69) is 35.0 Å². The summed E-state index contributed by atoms with van der Waals surface area (Å²) in [6.07, 6.45) is 0. The highest BCUT2D eigenvalue weighted by Crippen LogP contribution is 2.33. The number of aliphatic hydroxyl groups is 1. The zero-order valence-corrected chi connectivity index (χ0v) is 22.2. The predicted octanol–water partition coefficient (Wildman–Crippen LogP) is 2.93. The van der Waals surface area contributed by atoms with E-state index in [9.17, 15) is 9.66 Å². The molecule has 179 valence electrons. The standard InChI is InChI=1S/C24H35BN2O4PS/c1-23(2,24(3,4)32)31-25-22-11-8-20(16-18(22)17-28)30-19-6-9-21(10-7-19)33(29)27-14-12-26(5)13-15-27/h6-11,16,28H,12-15,17,32H2,1-5H3. The van der Waals surface area contributed by atoms with Crippen molar-refractivity contribution in [2.24, 2.45) is 0 Å². The lowest BCUT2D eigenvalue weighted by Crippen LogP contribution is -2.46. The number of benzene rings is 2. The summed E-state index contributed by atoms with van der Waals surface area (Å²) in [5, 5.41) is 9.74. The lowest BCUT2D eigenvalue weighted by Gasteiger charge is -2.39. The van der Waals surface area contributed by atoms with Gasteiger partial charge in [0.05, 0.1) is 36.7 Å². The smallest absolute Gasteiger partial charge is 0.331 e. The van der Waals surface area contributed by atoms with Crippen molar-refractivity contribution in [2.75, 3.05) is 33.2 Å². The quantitative estimate of drug-likeness (QED) is 0.332. The molecule has 2 aromatic rings. The van der Waals surface area contributed by atoms with Crippen LogP contribution in [-0.4, -0.2) is 70.3 Å². The maximum Gasteiger partial charge on any atom is 0.331 e. The van der Waals surface area contributed by atoms with Gasteiger partial charge in [0.1, 0.15) is 11.5 Å². The predicted molar refractivity (Wildman–Crippen MR) is 139 cm³/mol. The van der Waals surface area contributed by atoms with Crippen molar-refractivity contribution in [3.05, 3.63) is 48.0 Å². The summed E-state index contributed by atoms with van der Waals surface area (Å²) in [5.74, 6) is 1.27. The Morgan fingerprint density at radius 2 is 1.64 bits per heavy atom. The van der Waals surface area contributed by atoms with Crippen molar-refractivity contribution >= 4 is 33.5 Å². The van der Waals surface area contributed by atoms with Gasteiger partial charge >= 0.3 is 7.48 Å². The number of hydrogen-bond donors (Lipinski definition) is 1. The molecular weight excluding hydrogens is 454 g/mol. The van der Waals surface area contributed by atoms with Crippen LogP contribution in [0.3, 0.4) is 0 Å². The average molecular weight is 489 g/mol. The van der Waals surface area contributed by atoms with Crippen molar-refractivity contribution in [3.63, 3.8) is 0 Å². The molecule has 0 bridgehead atoms. The van der Waals surface area contributed by atoms with Gasteiger partial charge in [0.25, 0.3) is 0 Å². The number of likely N-dealkylation sites (N-methyl/N-ethyl adjacent to an activating group) is 1. The highest BCUT2D eigenvalue weighted by Gasteiger charge is 2.34. The fraction of sp³-hybridized carbons (Fsp3) is 0.500. The molecule has 1 heterocycles. The minimum Gasteiger partial charge on any atom is -0.593 e. The first-order valence-electron chi connectivity index (χ1n) is 11.2. The Morgan fingerprint density at radius 1 is 1.03 bits per heavy atom. The molecule has 2 aromatic carbocycles. The van der Waals surface area contributed by atoms with E-state index < -0.39 is 17.0 Å². The normalized spacial score (nSPS) is 17.1. The Kier molecular flexibility index (Phi) is 8.90. The van der Waals surface area contributed by atoms with E-state index in [4.69, 9.17) is 9.39 Å². The molecule has 1 aliphatic rings. The van der Waals surface area contributed by atoms with Crippen LogP contribution in [0.1, 0.15) is 33.3 Å². The summed E-state index contributed by atoms with van der Waals surface area (Å²) in [5.41, 5.74) is 1.13. The van der Waals surface area contributed by atoms with Gasteiger partial charge in [-0.25, -0.2) is 0 Å². The lowest BCUT2D eigenvalue weighted by atomic mass is 9.81. The van der Waals surface area contributed by atoms with Crippen molar-refractivity contribution in [3.8, 4) is 11.5 Å². The molecule has 1 N–H and O–H groups in total. The summed E-state index contributed by atoms with van der Waals surface area (Å²) in [4.78, 5) is 3.01. The molecule has 33 heavy (non-hydrogen) atoms. The van der Waals surface area contributed by atoms with Gasteiger partial charge in [0, 0.05) is 18.2 Å². The molecule has 2 unspecified atom stereocenters. The van der Waals surface area contributed by atoms with Crippen molar-refractivity contribution in [1.29, 1.82) is 0 Å². The van der Waals surface area contributed by atoms with Crippen LogP contribution in [0.25, 0.3) is 0 Å². The number of rotatable bonds is 9. The van der Waals surface area contributed by atoms with Gasteiger partial charge in [0.15, 0.2) is 4.90 Å². The van der Waals surface area contributed by atoms with E-state index in [0.717, 1.165) is 42.1 Å². The van der Waals surface area contributed by atoms with Crippen LogP contribution in [0, 0.1) is 0 Å². The fourth-order valence-electron chi connectivity index (χ4n) is 3.12. The maximum atomic E-state index is 12.8. The second-order valence-corrected chi connectivity index (χ2v) is 12.5. The van der Waals surface area contributed by atoms with Gasteiger partial charge in [0.2, 0.25) is 0 Å². The van der Waals surface area contributed by atoms with Crippen LogP contribution in [0.4, 0.5) is 0 Å². The first kappa shape index (κ1) is 26.5. The lowest BCUT2D eigenvalue weighted by molar-refractivity contribution is 0.0840. The van der Waals surface area contributed by atoms with Gasteiger partial charge in [-0.3, -0.25) is 0 Å². The number of nitrogens with zero attached hydrogens (tertiary/aromatic N) is 2. The third kappa shape index (κ3) is 6.95. The molecule has 0 aliphatic carbocycles. The van der Waals surface area contributed by atoms with E-state index in [0.29, 0.717) is 11.5 Å². The van der Waals surface area contributed by atoms with Gasteiger partial charge in [-0.15, -0.1) is 13.5 Å². The van der Waals surface area contributed by atoms with Crippen LogP contribution in [0.15, 0.2) is 47.4 Å². The summed E-state index contributed by atoms with van der Waals surface area (Å²) in [6.45, 7) is 11.6. The number of ether oxygens (including phenoxy) is 1. The summed E-state index contributed by atoms with van der Waals surface area (Å²) in [7, 11) is 6.59. The van der Waals surface area contributed by atoms with Crippen LogP contribution in [0.5, 0.6) is 11.5 Å². The zero-order valence-electron chi connectivity index (χ0n) is 20.2. The number of hydrogen-bond acceptors (Lipinski definition) is 6. The van der Waals surface area contributed by atoms with E-state index in [-0.39, 0.29) is 11.8 Å². The summed E-state index contributed by atoms with van der Waals surface area (Å²) < 4.78 is 26.8. The van der Waals surface area contributed by atoms with Crippen LogP contribution in [0.2, 0.25) is 0 Å². The second-order valence-electron chi connectivity index (χ2n) is 9.54. The fourth-order valence-corrected chi connectivity index (χ4v) is 4.35. The molecule has 3 rings (SSSR count). The van der Waals surface area contributed by atoms with E-state index >= 15 is 0 Å². The molecule has 9 heteroatoms. The molecule has 0 aromatic heterocycles. The topological polar surface area (TPSA) is 68.2 Å². The van der Waals surface area contributed by atoms with Crippen molar-refractivity contribution in [2.45, 2.75) is 50.0 Å². The summed E-state index contributed by atoms with van der Waals surface area (Å²) in [6, 6.07) is 12.9. The monoisotopic (exact) mass is 489 g/mol. The van der Waals surface area contributed by atoms with Crippen molar-refractivity contribution in [1.82, 2.24) is 9.21 Å². The molecule has 1 radical (unpaired) electrons. The number of aliphatic hydroxyl groups excluding tert-OH is 1. The van der Waals surface area contributed by atoms with Crippen LogP contribution >= 0.6 is 9.24 Å². The Balaban J connectivity index is 1.63. The van der Waals surface area contributed by atoms with Gasteiger partial charge in [-0.1, -0.05) is 19.9 Å². The van der Waals surface area contributed by atoms with Crippen molar-refractivity contribution < 1.29 is 19.1 Å². The Bertz CT molecular complexity index is 916. The van der Waals surface area contributed by atoms with E-state index in [1.165, 1.54) is 0 Å². The molecule has 0 saturated carbocycles. The number of piperazine rings is 1. The largest absolute Gasteiger partial charge is 0.593 e. The SMILES string of the molecule is CN1CCN([S+]([O-])c2ccc(Oc3ccc([B]OC(C)(C)C(C)(C)P)c(CO)c3)cc2)CC1. The molecular formula is C24H35BN2O4PS. The maximum absolute atomic E-state index is 12.8. The van der Waals surface area contributed by atoms with E-state index in [1.54, 1.807) is 7.48 Å². The highest BCUT2D eigenvalue weighted by molar-refractivity contribution is 7.89. The minimum atomic E-state index is -1.17. The molecule has 1 fully saturated rings. The van der Waals surface area contributed by atoms with E-state index in [1.807, 2.05) is 60.6 Å². The molecule has 0 spiro atoms. The Labute approximate surface area is 204 Å². The third-order valence-electron chi connectivity index (χ3n) is 6.27. The molecule has 2 atom stereocenters. The van der Waals surface area contributed by atoms with Crippen LogP contribution in [-0.2, 0) is 22.6 Å². The Morgan fingerprint density at radius 3 is 2.21 bits per heavy atom. The first-order valence-corrected chi connectivity index (χ1v) is 12.9.